The molecule has 1 saturated heterocycles. The van der Waals surface area contributed by atoms with Crippen LogP contribution in [0.3, 0.4) is 0 Å². The summed E-state index contributed by atoms with van der Waals surface area (Å²) in [6.45, 7) is 4.13. The molecule has 134 valence electrons. The van der Waals surface area contributed by atoms with Gasteiger partial charge in [-0.25, -0.2) is 0 Å². The fraction of sp³-hybridized carbons (Fsp3) is 0.611. The first kappa shape index (κ1) is 19.3. The van der Waals surface area contributed by atoms with E-state index in [-0.39, 0.29) is 30.0 Å². The minimum Gasteiger partial charge on any atom is -0.493 e. The molecule has 0 saturated carbocycles. The number of nitrogens with zero attached hydrogens (tertiary/aromatic N) is 2. The standard InChI is InChI=1S/C18H28N4O.HI/c1-19-18(20-12-14-6-5-10-22(2)13-14)21-16-9-11-23-17-8-4-3-7-15(16)17;/h3-4,7-8,14,16H,5-6,9-13H2,1-2H3,(H2,19,20,21);1H. The van der Waals surface area contributed by atoms with E-state index in [2.05, 4.69) is 39.7 Å². The summed E-state index contributed by atoms with van der Waals surface area (Å²) >= 11 is 0. The van der Waals surface area contributed by atoms with Crippen molar-refractivity contribution in [2.24, 2.45) is 10.9 Å². The van der Waals surface area contributed by atoms with Gasteiger partial charge < -0.3 is 20.3 Å². The predicted molar refractivity (Wildman–Crippen MR) is 109 cm³/mol. The summed E-state index contributed by atoms with van der Waals surface area (Å²) in [4.78, 5) is 6.82. The number of benzene rings is 1. The number of fused-ring (bicyclic) bond motifs is 1. The van der Waals surface area contributed by atoms with Crippen LogP contribution < -0.4 is 15.4 Å². The van der Waals surface area contributed by atoms with Crippen LogP contribution in [0.15, 0.2) is 29.3 Å². The van der Waals surface area contributed by atoms with Gasteiger partial charge in [0, 0.05) is 32.1 Å². The number of ether oxygens (including phenoxy) is 1. The van der Waals surface area contributed by atoms with Crippen LogP contribution in [0.5, 0.6) is 5.75 Å². The molecule has 0 bridgehead atoms. The molecule has 6 heteroatoms. The molecule has 1 aromatic carbocycles. The molecule has 2 atom stereocenters. The van der Waals surface area contributed by atoms with Gasteiger partial charge in [-0.3, -0.25) is 4.99 Å². The molecule has 1 aromatic rings. The Balaban J connectivity index is 0.00000208. The number of aliphatic imine (C=N–C) groups is 1. The summed E-state index contributed by atoms with van der Waals surface area (Å²) in [5.41, 5.74) is 1.22. The van der Waals surface area contributed by atoms with Crippen LogP contribution in [-0.2, 0) is 0 Å². The summed E-state index contributed by atoms with van der Waals surface area (Å²) < 4.78 is 5.73. The Bertz CT molecular complexity index is 552. The summed E-state index contributed by atoms with van der Waals surface area (Å²) in [5.74, 6) is 2.58. The molecule has 0 radical (unpaired) electrons. The molecule has 2 aliphatic heterocycles. The Morgan fingerprint density at radius 1 is 1.33 bits per heavy atom. The van der Waals surface area contributed by atoms with Crippen molar-refractivity contribution in [1.29, 1.82) is 0 Å². The Hall–Kier alpha value is -1.02. The van der Waals surface area contributed by atoms with Gasteiger partial charge in [0.05, 0.1) is 12.6 Å². The SMILES string of the molecule is CN=C(NCC1CCCN(C)C1)NC1CCOc2ccccc21.I. The number of nitrogens with one attached hydrogen (secondary N) is 2. The lowest BCUT2D eigenvalue weighted by atomic mass is 9.98. The third kappa shape index (κ3) is 4.99. The van der Waals surface area contributed by atoms with Crippen LogP contribution in [-0.4, -0.2) is 51.2 Å². The molecule has 1 fully saturated rings. The van der Waals surface area contributed by atoms with E-state index in [0.29, 0.717) is 5.92 Å². The Labute approximate surface area is 162 Å². The first-order chi connectivity index (χ1) is 11.3. The number of para-hydroxylation sites is 1. The maximum Gasteiger partial charge on any atom is 0.191 e. The first-order valence-electron chi connectivity index (χ1n) is 8.63. The van der Waals surface area contributed by atoms with Crippen LogP contribution in [0.1, 0.15) is 30.9 Å². The largest absolute Gasteiger partial charge is 0.493 e. The van der Waals surface area contributed by atoms with Gasteiger partial charge in [0.1, 0.15) is 5.75 Å². The third-order valence-corrected chi connectivity index (χ3v) is 4.77. The number of guanidine groups is 1. The van der Waals surface area contributed by atoms with Gasteiger partial charge in [0.25, 0.3) is 0 Å². The number of rotatable bonds is 3. The number of likely N-dealkylation sites (tertiary alicyclic amines) is 1. The number of hydrogen-bond acceptors (Lipinski definition) is 3. The van der Waals surface area contributed by atoms with Crippen molar-refractivity contribution in [2.75, 3.05) is 40.3 Å². The number of halogens is 1. The fourth-order valence-electron chi connectivity index (χ4n) is 3.53. The van der Waals surface area contributed by atoms with Crippen LogP contribution in [0.25, 0.3) is 0 Å². The molecular weight excluding hydrogens is 415 g/mol. The van der Waals surface area contributed by atoms with Crippen LogP contribution in [0.4, 0.5) is 0 Å². The van der Waals surface area contributed by atoms with Gasteiger partial charge in [-0.05, 0) is 38.4 Å². The van der Waals surface area contributed by atoms with Gasteiger partial charge in [0.15, 0.2) is 5.96 Å². The fourth-order valence-corrected chi connectivity index (χ4v) is 3.53. The second-order valence-corrected chi connectivity index (χ2v) is 6.60. The smallest absolute Gasteiger partial charge is 0.191 e. The second-order valence-electron chi connectivity index (χ2n) is 6.60. The Morgan fingerprint density at radius 3 is 2.96 bits per heavy atom. The second kappa shape index (κ2) is 9.46. The lowest BCUT2D eigenvalue weighted by molar-refractivity contribution is 0.210. The van der Waals surface area contributed by atoms with Crippen molar-refractivity contribution in [1.82, 2.24) is 15.5 Å². The minimum atomic E-state index is 0. The number of hydrogen-bond donors (Lipinski definition) is 2. The van der Waals surface area contributed by atoms with Crippen LogP contribution in [0.2, 0.25) is 0 Å². The maximum absolute atomic E-state index is 5.73. The summed E-state index contributed by atoms with van der Waals surface area (Å²) in [7, 11) is 4.05. The molecule has 24 heavy (non-hydrogen) atoms. The number of piperidine rings is 1. The van der Waals surface area contributed by atoms with Crippen molar-refractivity contribution in [3.63, 3.8) is 0 Å². The van der Waals surface area contributed by atoms with Gasteiger partial charge in [-0.1, -0.05) is 18.2 Å². The van der Waals surface area contributed by atoms with E-state index in [1.54, 1.807) is 0 Å². The topological polar surface area (TPSA) is 48.9 Å². The van der Waals surface area contributed by atoms with E-state index in [0.717, 1.165) is 31.3 Å². The molecule has 2 unspecified atom stereocenters. The monoisotopic (exact) mass is 444 g/mol. The molecule has 0 spiro atoms. The van der Waals surface area contributed by atoms with E-state index in [4.69, 9.17) is 4.74 Å². The van der Waals surface area contributed by atoms with Crippen LogP contribution >= 0.6 is 24.0 Å². The van der Waals surface area contributed by atoms with E-state index >= 15 is 0 Å². The molecule has 0 aliphatic carbocycles. The van der Waals surface area contributed by atoms with Crippen molar-refractivity contribution < 1.29 is 4.74 Å². The summed E-state index contributed by atoms with van der Waals surface area (Å²) in [5, 5.41) is 7.07. The van der Waals surface area contributed by atoms with Gasteiger partial charge in [-0.15, -0.1) is 24.0 Å². The molecule has 0 amide bonds. The van der Waals surface area contributed by atoms with Gasteiger partial charge >= 0.3 is 0 Å². The minimum absolute atomic E-state index is 0. The van der Waals surface area contributed by atoms with E-state index in [1.807, 2.05) is 19.2 Å². The normalized spacial score (nSPS) is 24.3. The highest BCUT2D eigenvalue weighted by Gasteiger charge is 2.22. The zero-order valence-corrected chi connectivity index (χ0v) is 17.0. The van der Waals surface area contributed by atoms with Gasteiger partial charge in [-0.2, -0.15) is 0 Å². The highest BCUT2D eigenvalue weighted by molar-refractivity contribution is 14.0. The molecular formula is C18H29IN4O. The lowest BCUT2D eigenvalue weighted by Crippen LogP contribution is -2.45. The van der Waals surface area contributed by atoms with Crippen molar-refractivity contribution in [3.8, 4) is 5.75 Å². The maximum atomic E-state index is 5.73. The Morgan fingerprint density at radius 2 is 2.17 bits per heavy atom. The third-order valence-electron chi connectivity index (χ3n) is 4.77. The van der Waals surface area contributed by atoms with E-state index in [9.17, 15) is 0 Å². The summed E-state index contributed by atoms with van der Waals surface area (Å²) in [6, 6.07) is 8.52. The van der Waals surface area contributed by atoms with Crippen LogP contribution in [0, 0.1) is 5.92 Å². The van der Waals surface area contributed by atoms with Crippen molar-refractivity contribution >= 4 is 29.9 Å². The molecule has 2 heterocycles. The van der Waals surface area contributed by atoms with E-state index in [1.165, 1.54) is 31.5 Å². The molecule has 5 nitrogen and oxygen atoms in total. The first-order valence-corrected chi connectivity index (χ1v) is 8.63. The van der Waals surface area contributed by atoms with Gasteiger partial charge in [0.2, 0.25) is 0 Å². The Kier molecular flexibility index (Phi) is 7.61. The quantitative estimate of drug-likeness (QED) is 0.428. The zero-order valence-electron chi connectivity index (χ0n) is 14.6. The van der Waals surface area contributed by atoms with Crippen molar-refractivity contribution in [3.05, 3.63) is 29.8 Å². The molecule has 2 N–H and O–H groups in total. The molecule has 0 aromatic heterocycles. The lowest BCUT2D eigenvalue weighted by Gasteiger charge is -2.31. The molecule has 3 rings (SSSR count). The summed E-state index contributed by atoms with van der Waals surface area (Å²) in [6.07, 6.45) is 3.56. The highest BCUT2D eigenvalue weighted by Crippen LogP contribution is 2.31. The van der Waals surface area contributed by atoms with E-state index < -0.39 is 0 Å². The van der Waals surface area contributed by atoms with Crippen molar-refractivity contribution in [2.45, 2.75) is 25.3 Å². The average Bonchev–Trinajstić information content (AvgIpc) is 2.59. The zero-order chi connectivity index (χ0) is 16.1. The molecule has 2 aliphatic rings. The highest BCUT2D eigenvalue weighted by atomic mass is 127. The average molecular weight is 444 g/mol. The predicted octanol–water partition coefficient (Wildman–Crippen LogP) is 2.64.